The molecule has 0 aliphatic carbocycles. The molecule has 6 heteroatoms. The smallest absolute Gasteiger partial charge is 0.196 e. The van der Waals surface area contributed by atoms with Gasteiger partial charge in [0, 0.05) is 29.1 Å². The monoisotopic (exact) mass is 389 g/mol. The Morgan fingerprint density at radius 2 is 2.07 bits per heavy atom. The molecule has 29 heavy (non-hydrogen) atoms. The van der Waals surface area contributed by atoms with Crippen molar-refractivity contribution in [2.45, 2.75) is 19.2 Å². The summed E-state index contributed by atoms with van der Waals surface area (Å²) in [5.74, 6) is 1.08. The number of fused-ring (bicyclic) bond motifs is 3. The molecule has 2 atom stereocenters. The number of pyridine rings is 1. The quantitative estimate of drug-likeness (QED) is 0.706. The number of rotatable bonds is 4. The lowest BCUT2D eigenvalue weighted by Gasteiger charge is -2.39. The highest BCUT2D eigenvalue weighted by Gasteiger charge is 2.41. The topological polar surface area (TPSA) is 46.6 Å². The molecule has 2 aliphatic rings. The predicted molar refractivity (Wildman–Crippen MR) is 107 cm³/mol. The number of nitrogens with zero attached hydrogens (tertiary/aromatic N) is 2. The van der Waals surface area contributed by atoms with Gasteiger partial charge < -0.3 is 14.9 Å². The number of hydrogen-bond acceptors (Lipinski definition) is 5. The molecule has 3 heterocycles. The summed E-state index contributed by atoms with van der Waals surface area (Å²) in [7, 11) is 0. The molecule has 0 saturated heterocycles. The normalized spacial score (nSPS) is 20.1. The molecule has 0 fully saturated rings. The molecule has 146 valence electrons. The summed E-state index contributed by atoms with van der Waals surface area (Å²) < 4.78 is 26.1. The van der Waals surface area contributed by atoms with Crippen LogP contribution in [0.1, 0.15) is 35.9 Å². The highest BCUT2D eigenvalue weighted by Crippen LogP contribution is 2.49. The number of hydrogen-bond donors (Lipinski definition) is 1. The van der Waals surface area contributed by atoms with E-state index in [2.05, 4.69) is 16.5 Å². The first kappa shape index (κ1) is 17.7. The van der Waals surface area contributed by atoms with Crippen molar-refractivity contribution in [3.05, 3.63) is 95.6 Å². The first-order valence-electron chi connectivity index (χ1n) is 9.59. The maximum atomic E-state index is 14.0. The van der Waals surface area contributed by atoms with E-state index in [0.717, 1.165) is 22.4 Å². The highest BCUT2D eigenvalue weighted by molar-refractivity contribution is 5.67. The molecule has 0 saturated carbocycles. The molecule has 2 unspecified atom stereocenters. The molecule has 5 rings (SSSR count). The van der Waals surface area contributed by atoms with Gasteiger partial charge in [-0.15, -0.1) is 0 Å². The van der Waals surface area contributed by atoms with E-state index in [1.165, 1.54) is 12.1 Å². The van der Waals surface area contributed by atoms with Gasteiger partial charge in [-0.1, -0.05) is 24.3 Å². The van der Waals surface area contributed by atoms with Crippen LogP contribution in [0.15, 0.2) is 73.1 Å². The van der Waals surface area contributed by atoms with Crippen LogP contribution < -0.4 is 14.9 Å². The standard InChI is InChI=1S/C23H20FN3O2/c1-2-28-21-10-4-9-18-20-13-19(16-7-5-11-25-14-16)26-27(20)23(29-22(18)21)15-6-3-8-17(24)12-15/h3-14,20,23,26H,2H2,1H3. The van der Waals surface area contributed by atoms with Crippen molar-refractivity contribution in [2.24, 2.45) is 0 Å². The zero-order valence-electron chi connectivity index (χ0n) is 15.9. The fourth-order valence-electron chi connectivity index (χ4n) is 3.83. The number of nitrogens with one attached hydrogen (secondary N) is 1. The van der Waals surface area contributed by atoms with Gasteiger partial charge in [0.1, 0.15) is 5.82 Å². The average Bonchev–Trinajstić information content (AvgIpc) is 3.20. The van der Waals surface area contributed by atoms with E-state index >= 15 is 0 Å². The summed E-state index contributed by atoms with van der Waals surface area (Å²) in [4.78, 5) is 4.22. The fourth-order valence-corrected chi connectivity index (χ4v) is 3.83. The van der Waals surface area contributed by atoms with Crippen LogP contribution >= 0.6 is 0 Å². The first-order valence-corrected chi connectivity index (χ1v) is 9.59. The van der Waals surface area contributed by atoms with Crippen LogP contribution in [0, 0.1) is 5.82 Å². The Bertz CT molecular complexity index is 1070. The third kappa shape index (κ3) is 3.11. The van der Waals surface area contributed by atoms with Crippen molar-refractivity contribution in [1.29, 1.82) is 0 Å². The van der Waals surface area contributed by atoms with Crippen molar-refractivity contribution >= 4 is 5.70 Å². The summed E-state index contributed by atoms with van der Waals surface area (Å²) in [6.07, 6.45) is 5.18. The van der Waals surface area contributed by atoms with E-state index in [-0.39, 0.29) is 11.9 Å². The number of hydrazine groups is 1. The lowest BCUT2D eigenvalue weighted by molar-refractivity contribution is -0.0347. The Kier molecular flexibility index (Phi) is 4.41. The number of halogens is 1. The second-order valence-electron chi connectivity index (χ2n) is 6.92. The summed E-state index contributed by atoms with van der Waals surface area (Å²) in [5, 5.41) is 2.00. The van der Waals surface area contributed by atoms with Gasteiger partial charge >= 0.3 is 0 Å². The fraction of sp³-hybridized carbons (Fsp3) is 0.174. The minimum Gasteiger partial charge on any atom is -0.490 e. The van der Waals surface area contributed by atoms with Crippen molar-refractivity contribution in [2.75, 3.05) is 6.61 Å². The SMILES string of the molecule is CCOc1cccc2c1OC(c1cccc(F)c1)N1NC(c3cccnc3)=CC21. The van der Waals surface area contributed by atoms with Crippen LogP contribution in [0.2, 0.25) is 0 Å². The third-order valence-corrected chi connectivity index (χ3v) is 5.09. The summed E-state index contributed by atoms with van der Waals surface area (Å²) in [6, 6.07) is 16.2. The molecule has 0 spiro atoms. The van der Waals surface area contributed by atoms with Crippen molar-refractivity contribution in [3.8, 4) is 11.5 Å². The third-order valence-electron chi connectivity index (χ3n) is 5.09. The Balaban J connectivity index is 1.62. The maximum Gasteiger partial charge on any atom is 0.196 e. The van der Waals surface area contributed by atoms with Crippen molar-refractivity contribution in [1.82, 2.24) is 15.4 Å². The van der Waals surface area contributed by atoms with E-state index in [1.807, 2.05) is 54.5 Å². The van der Waals surface area contributed by atoms with Gasteiger partial charge in [0.05, 0.1) is 18.3 Å². The highest BCUT2D eigenvalue weighted by atomic mass is 19.1. The maximum absolute atomic E-state index is 14.0. The van der Waals surface area contributed by atoms with E-state index in [1.54, 1.807) is 12.3 Å². The zero-order chi connectivity index (χ0) is 19.8. The molecule has 0 bridgehead atoms. The average molecular weight is 389 g/mol. The van der Waals surface area contributed by atoms with E-state index in [0.29, 0.717) is 18.1 Å². The van der Waals surface area contributed by atoms with Gasteiger partial charge in [0.25, 0.3) is 0 Å². The molecular formula is C23H20FN3O2. The molecule has 0 radical (unpaired) electrons. The van der Waals surface area contributed by atoms with Gasteiger partial charge in [0.15, 0.2) is 17.7 Å². The minimum atomic E-state index is -0.518. The molecule has 0 amide bonds. The molecule has 3 aromatic rings. The van der Waals surface area contributed by atoms with Crippen LogP contribution in [0.4, 0.5) is 4.39 Å². The van der Waals surface area contributed by atoms with Crippen molar-refractivity contribution < 1.29 is 13.9 Å². The molecule has 1 aromatic heterocycles. The van der Waals surface area contributed by atoms with E-state index in [4.69, 9.17) is 9.47 Å². The molecule has 5 nitrogen and oxygen atoms in total. The van der Waals surface area contributed by atoms with Crippen molar-refractivity contribution in [3.63, 3.8) is 0 Å². The Labute approximate surface area is 168 Å². The summed E-state index contributed by atoms with van der Waals surface area (Å²) in [5.41, 5.74) is 7.06. The first-order chi connectivity index (χ1) is 14.2. The van der Waals surface area contributed by atoms with Crippen LogP contribution in [0.3, 0.4) is 0 Å². The van der Waals surface area contributed by atoms with Gasteiger partial charge in [-0.25, -0.2) is 4.39 Å². The summed E-state index contributed by atoms with van der Waals surface area (Å²) >= 11 is 0. The molecule has 1 N–H and O–H groups in total. The Morgan fingerprint density at radius 3 is 2.86 bits per heavy atom. The van der Waals surface area contributed by atoms with E-state index in [9.17, 15) is 4.39 Å². The van der Waals surface area contributed by atoms with Crippen LogP contribution in [0.25, 0.3) is 5.70 Å². The predicted octanol–water partition coefficient (Wildman–Crippen LogP) is 4.61. The number of aromatic nitrogens is 1. The van der Waals surface area contributed by atoms with Crippen LogP contribution in [0.5, 0.6) is 11.5 Å². The number of benzene rings is 2. The van der Waals surface area contributed by atoms with Gasteiger partial charge in [0.2, 0.25) is 0 Å². The van der Waals surface area contributed by atoms with Crippen LogP contribution in [-0.2, 0) is 0 Å². The molecule has 2 aliphatic heterocycles. The largest absolute Gasteiger partial charge is 0.490 e. The molecule has 2 aromatic carbocycles. The Hall–Kier alpha value is -3.38. The number of ether oxygens (including phenoxy) is 2. The minimum absolute atomic E-state index is 0.0948. The van der Waals surface area contributed by atoms with Crippen LogP contribution in [-0.4, -0.2) is 16.6 Å². The van der Waals surface area contributed by atoms with Gasteiger partial charge in [-0.05, 0) is 43.3 Å². The molecular weight excluding hydrogens is 369 g/mol. The van der Waals surface area contributed by atoms with E-state index < -0.39 is 6.23 Å². The second-order valence-corrected chi connectivity index (χ2v) is 6.92. The van der Waals surface area contributed by atoms with Gasteiger partial charge in [-0.2, -0.15) is 5.01 Å². The second kappa shape index (κ2) is 7.22. The zero-order valence-corrected chi connectivity index (χ0v) is 15.9. The van der Waals surface area contributed by atoms with Gasteiger partial charge in [-0.3, -0.25) is 4.98 Å². The number of para-hydroxylation sites is 1. The lowest BCUT2D eigenvalue weighted by atomic mass is 10.0. The Morgan fingerprint density at radius 1 is 1.17 bits per heavy atom. The lowest BCUT2D eigenvalue weighted by Crippen LogP contribution is -2.43. The summed E-state index contributed by atoms with van der Waals surface area (Å²) in [6.45, 7) is 2.48.